The van der Waals surface area contributed by atoms with Gasteiger partial charge in [0.05, 0.1) is 0 Å². The summed E-state index contributed by atoms with van der Waals surface area (Å²) in [5, 5.41) is 3.51. The van der Waals surface area contributed by atoms with Crippen LogP contribution in [0.3, 0.4) is 0 Å². The molecule has 1 heteroatoms. The summed E-state index contributed by atoms with van der Waals surface area (Å²) in [4.78, 5) is 0. The summed E-state index contributed by atoms with van der Waals surface area (Å²) in [6.45, 7) is 0. The van der Waals surface area contributed by atoms with E-state index in [1.54, 1.807) is 0 Å². The van der Waals surface area contributed by atoms with E-state index in [2.05, 4.69) is 90.2 Å². The van der Waals surface area contributed by atoms with Crippen molar-refractivity contribution in [2.75, 3.05) is 5.32 Å². The number of anilines is 2. The minimum absolute atomic E-state index is 1.10. The fourth-order valence-electron chi connectivity index (χ4n) is 2.73. The first kappa shape index (κ1) is 12.0. The third-order valence-corrected chi connectivity index (χ3v) is 3.78. The molecule has 0 spiro atoms. The van der Waals surface area contributed by atoms with Gasteiger partial charge in [-0.1, -0.05) is 60.7 Å². The predicted molar refractivity (Wildman–Crippen MR) is 89.4 cm³/mol. The lowest BCUT2D eigenvalue weighted by atomic mass is 10.2. The standard InChI is InChI=1S/C20H15N/c1-5-15-7-3-11-19(13-17(15)9-1)21-20-12-4-8-16-6-2-10-18(16)14-20/h1-14,21H. The highest BCUT2D eigenvalue weighted by Gasteiger charge is 2.03. The molecule has 0 aromatic heterocycles. The quantitative estimate of drug-likeness (QED) is 0.496. The molecule has 0 amide bonds. The SMILES string of the molecule is c1cc(Nc2cccc3cccc-3c2)cc2cccc-2c1. The van der Waals surface area contributed by atoms with Crippen LogP contribution in [0.4, 0.5) is 11.4 Å². The molecule has 0 bridgehead atoms. The zero-order valence-corrected chi connectivity index (χ0v) is 11.6. The lowest BCUT2D eigenvalue weighted by Gasteiger charge is -2.03. The topological polar surface area (TPSA) is 12.0 Å². The first-order valence-electron chi connectivity index (χ1n) is 7.13. The van der Waals surface area contributed by atoms with E-state index < -0.39 is 0 Å². The van der Waals surface area contributed by atoms with E-state index in [9.17, 15) is 0 Å². The Bertz CT molecular complexity index is 764. The number of rotatable bonds is 2. The Morgan fingerprint density at radius 1 is 0.429 bits per heavy atom. The molecule has 0 fully saturated rings. The van der Waals surface area contributed by atoms with Crippen molar-refractivity contribution >= 4 is 11.4 Å². The molecule has 21 heavy (non-hydrogen) atoms. The van der Waals surface area contributed by atoms with Gasteiger partial charge in [-0.3, -0.25) is 0 Å². The molecule has 4 aliphatic carbocycles. The normalized spacial score (nSPS) is 10.9. The van der Waals surface area contributed by atoms with Crippen LogP contribution in [0.15, 0.2) is 84.9 Å². The van der Waals surface area contributed by atoms with Gasteiger partial charge in [-0.05, 0) is 46.5 Å². The monoisotopic (exact) mass is 269 g/mol. The van der Waals surface area contributed by atoms with Crippen LogP contribution in [-0.4, -0.2) is 0 Å². The predicted octanol–water partition coefficient (Wildman–Crippen LogP) is 5.64. The summed E-state index contributed by atoms with van der Waals surface area (Å²) in [6.07, 6.45) is 0. The Kier molecular flexibility index (Phi) is 2.82. The molecule has 0 heterocycles. The first-order chi connectivity index (χ1) is 10.4. The van der Waals surface area contributed by atoms with E-state index in [1.165, 1.54) is 22.3 Å². The molecule has 0 aliphatic heterocycles. The molecule has 1 nitrogen and oxygen atoms in total. The smallest absolute Gasteiger partial charge is 0.0390 e. The third-order valence-electron chi connectivity index (χ3n) is 3.78. The molecule has 100 valence electrons. The fraction of sp³-hybridized carbons (Fsp3) is 0. The third kappa shape index (κ3) is 2.34. The maximum Gasteiger partial charge on any atom is 0.0390 e. The van der Waals surface area contributed by atoms with Crippen molar-refractivity contribution < 1.29 is 0 Å². The van der Waals surface area contributed by atoms with E-state index in [0.717, 1.165) is 11.4 Å². The second kappa shape index (κ2) is 4.95. The maximum absolute atomic E-state index is 3.51. The van der Waals surface area contributed by atoms with Gasteiger partial charge in [0, 0.05) is 11.4 Å². The molecule has 1 N–H and O–H groups in total. The molecule has 4 rings (SSSR count). The van der Waals surface area contributed by atoms with Crippen molar-refractivity contribution in [3.63, 3.8) is 0 Å². The van der Waals surface area contributed by atoms with Crippen molar-refractivity contribution in [3.05, 3.63) is 84.9 Å². The Morgan fingerprint density at radius 2 is 0.810 bits per heavy atom. The Balaban J connectivity index is 1.73. The van der Waals surface area contributed by atoms with Gasteiger partial charge < -0.3 is 5.32 Å². The van der Waals surface area contributed by atoms with Crippen molar-refractivity contribution in [3.8, 4) is 22.3 Å². The fourth-order valence-corrected chi connectivity index (χ4v) is 2.73. The van der Waals surface area contributed by atoms with Crippen molar-refractivity contribution in [1.29, 1.82) is 0 Å². The average molecular weight is 269 g/mol. The van der Waals surface area contributed by atoms with Crippen LogP contribution in [-0.2, 0) is 0 Å². The van der Waals surface area contributed by atoms with Crippen LogP contribution in [0.1, 0.15) is 0 Å². The number of nitrogens with one attached hydrogen (secondary N) is 1. The Hall–Kier alpha value is -2.80. The summed E-state index contributed by atoms with van der Waals surface area (Å²) in [6, 6.07) is 29.8. The Morgan fingerprint density at radius 3 is 1.29 bits per heavy atom. The molecule has 0 aromatic rings. The summed E-state index contributed by atoms with van der Waals surface area (Å²) < 4.78 is 0. The first-order valence-corrected chi connectivity index (χ1v) is 7.13. The molecular weight excluding hydrogens is 254 g/mol. The van der Waals surface area contributed by atoms with Crippen LogP contribution in [0.25, 0.3) is 22.3 Å². The van der Waals surface area contributed by atoms with Crippen molar-refractivity contribution in [1.82, 2.24) is 0 Å². The second-order valence-corrected chi connectivity index (χ2v) is 5.25. The van der Waals surface area contributed by atoms with Gasteiger partial charge in [-0.25, -0.2) is 0 Å². The molecule has 0 saturated carbocycles. The van der Waals surface area contributed by atoms with Gasteiger partial charge in [0.25, 0.3) is 0 Å². The highest BCUT2D eigenvalue weighted by atomic mass is 14.9. The van der Waals surface area contributed by atoms with E-state index >= 15 is 0 Å². The zero-order valence-electron chi connectivity index (χ0n) is 11.6. The highest BCUT2D eigenvalue weighted by molar-refractivity contribution is 5.75. The van der Waals surface area contributed by atoms with Crippen LogP contribution >= 0.6 is 0 Å². The number of hydrogen-bond acceptors (Lipinski definition) is 1. The summed E-state index contributed by atoms with van der Waals surface area (Å²) in [7, 11) is 0. The largest absolute Gasteiger partial charge is 0.355 e. The molecule has 0 radical (unpaired) electrons. The molecule has 0 aromatic carbocycles. The van der Waals surface area contributed by atoms with Crippen LogP contribution < -0.4 is 5.32 Å². The maximum atomic E-state index is 3.51. The molecule has 4 aliphatic rings. The van der Waals surface area contributed by atoms with Gasteiger partial charge in [-0.15, -0.1) is 0 Å². The highest BCUT2D eigenvalue weighted by Crippen LogP contribution is 2.28. The minimum Gasteiger partial charge on any atom is -0.355 e. The number of hydrogen-bond donors (Lipinski definition) is 1. The minimum atomic E-state index is 1.10. The zero-order chi connectivity index (χ0) is 14.1. The van der Waals surface area contributed by atoms with Crippen LogP contribution in [0, 0.1) is 0 Å². The molecular formula is C20H15N. The summed E-state index contributed by atoms with van der Waals surface area (Å²) in [5.41, 5.74) is 7.23. The average Bonchev–Trinajstić information content (AvgIpc) is 3.00. The van der Waals surface area contributed by atoms with Crippen molar-refractivity contribution in [2.24, 2.45) is 0 Å². The van der Waals surface area contributed by atoms with Crippen LogP contribution in [0.5, 0.6) is 0 Å². The lowest BCUT2D eigenvalue weighted by Crippen LogP contribution is -1.86. The molecule has 0 atom stereocenters. The van der Waals surface area contributed by atoms with Crippen molar-refractivity contribution in [2.45, 2.75) is 0 Å². The number of fused-ring (bicyclic) bond motifs is 2. The van der Waals surface area contributed by atoms with Gasteiger partial charge in [-0.2, -0.15) is 0 Å². The van der Waals surface area contributed by atoms with E-state index in [-0.39, 0.29) is 0 Å². The summed E-state index contributed by atoms with van der Waals surface area (Å²) >= 11 is 0. The van der Waals surface area contributed by atoms with E-state index in [1.807, 2.05) is 0 Å². The Labute approximate surface area is 124 Å². The van der Waals surface area contributed by atoms with Gasteiger partial charge >= 0.3 is 0 Å². The van der Waals surface area contributed by atoms with Crippen LogP contribution in [0.2, 0.25) is 0 Å². The molecule has 0 unspecified atom stereocenters. The van der Waals surface area contributed by atoms with E-state index in [4.69, 9.17) is 0 Å². The van der Waals surface area contributed by atoms with Gasteiger partial charge in [0.1, 0.15) is 0 Å². The van der Waals surface area contributed by atoms with E-state index in [0.29, 0.717) is 0 Å². The lowest BCUT2D eigenvalue weighted by molar-refractivity contribution is 1.61. The van der Waals surface area contributed by atoms with Gasteiger partial charge in [0.2, 0.25) is 0 Å². The summed E-state index contributed by atoms with van der Waals surface area (Å²) in [5.74, 6) is 0. The molecule has 0 saturated heterocycles. The van der Waals surface area contributed by atoms with Gasteiger partial charge in [0.15, 0.2) is 0 Å². The second-order valence-electron chi connectivity index (χ2n) is 5.25.